The van der Waals surface area contributed by atoms with Gasteiger partial charge in [-0.2, -0.15) is 0 Å². The molecule has 2 aromatic heterocycles. The lowest BCUT2D eigenvalue weighted by Gasteiger charge is -2.38. The Morgan fingerprint density at radius 2 is 1.17 bits per heavy atom. The predicted octanol–water partition coefficient (Wildman–Crippen LogP) is 8.07. The monoisotopic (exact) mass is 850 g/mol. The van der Waals surface area contributed by atoms with Gasteiger partial charge in [0.15, 0.2) is 11.6 Å². The molecule has 0 bridgehead atoms. The summed E-state index contributed by atoms with van der Waals surface area (Å²) in [6, 6.07) is 29.4. The first-order chi connectivity index (χ1) is 30.4. The number of methoxy groups -OCH3 is 2. The Balaban J connectivity index is 0.992. The second kappa shape index (κ2) is 18.4. The van der Waals surface area contributed by atoms with Gasteiger partial charge in [-0.25, -0.2) is 34.3 Å². The molecule has 2 fully saturated rings. The number of hydrogen-bond acceptors (Lipinski definition) is 13. The molecule has 1 N–H and O–H groups in total. The third kappa shape index (κ3) is 9.71. The minimum absolute atomic E-state index is 0.0211. The number of amides is 1. The number of piperidine rings is 2. The Kier molecular flexibility index (Phi) is 12.5. The molecule has 0 spiro atoms. The molecule has 0 atom stereocenters. The molecule has 2 aliphatic rings. The van der Waals surface area contributed by atoms with Crippen LogP contribution >= 0.6 is 0 Å². The van der Waals surface area contributed by atoms with E-state index in [0.717, 1.165) is 78.5 Å². The highest BCUT2D eigenvalue weighted by Gasteiger charge is 2.31. The van der Waals surface area contributed by atoms with Crippen molar-refractivity contribution in [2.24, 2.45) is 0 Å². The van der Waals surface area contributed by atoms with Crippen LogP contribution in [0.15, 0.2) is 91.0 Å². The summed E-state index contributed by atoms with van der Waals surface area (Å²) in [6.07, 6.45) is 2.95. The van der Waals surface area contributed by atoms with Gasteiger partial charge >= 0.3 is 18.0 Å². The summed E-state index contributed by atoms with van der Waals surface area (Å²) in [5, 5.41) is 3.81. The van der Waals surface area contributed by atoms with Crippen molar-refractivity contribution in [1.29, 1.82) is 0 Å². The summed E-state index contributed by atoms with van der Waals surface area (Å²) in [7, 11) is 4.54. The van der Waals surface area contributed by atoms with Crippen LogP contribution in [0.3, 0.4) is 0 Å². The maximum Gasteiger partial charge on any atom is 0.410 e. The summed E-state index contributed by atoms with van der Waals surface area (Å²) >= 11 is 0. The second-order valence-corrected chi connectivity index (χ2v) is 17.2. The van der Waals surface area contributed by atoms with Crippen LogP contribution in [0.5, 0.6) is 0 Å². The van der Waals surface area contributed by atoms with E-state index in [4.69, 9.17) is 34.1 Å². The Hall–Kier alpha value is -6.67. The fraction of sp³-hybridized carbons (Fsp3) is 0.367. The fourth-order valence-corrected chi connectivity index (χ4v) is 8.34. The van der Waals surface area contributed by atoms with Crippen LogP contribution in [0.4, 0.5) is 16.4 Å². The van der Waals surface area contributed by atoms with E-state index in [-0.39, 0.29) is 18.2 Å². The van der Waals surface area contributed by atoms with Crippen LogP contribution in [0.2, 0.25) is 0 Å². The van der Waals surface area contributed by atoms with E-state index in [9.17, 15) is 14.4 Å². The zero-order valence-corrected chi connectivity index (χ0v) is 36.8. The molecular formula is C49H54N8O6. The van der Waals surface area contributed by atoms with Gasteiger partial charge in [-0.1, -0.05) is 48.5 Å². The van der Waals surface area contributed by atoms with Crippen LogP contribution in [-0.4, -0.2) is 108 Å². The highest BCUT2D eigenvalue weighted by molar-refractivity contribution is 5.95. The molecule has 6 aromatic rings. The van der Waals surface area contributed by atoms with Crippen molar-refractivity contribution in [2.75, 3.05) is 57.2 Å². The number of esters is 2. The van der Waals surface area contributed by atoms with Gasteiger partial charge in [0, 0.05) is 63.0 Å². The molecule has 0 unspecified atom stereocenters. The minimum atomic E-state index is -0.575. The van der Waals surface area contributed by atoms with E-state index in [1.54, 1.807) is 36.2 Å². The van der Waals surface area contributed by atoms with Crippen molar-refractivity contribution in [3.05, 3.63) is 108 Å². The number of fused-ring (bicyclic) bond motifs is 2. The standard InChI is InChI=1S/C49H54N8O6/c1-49(2,3)63-48(60)55(4)37-21-25-57(26-22-37)45-43(52-39-18-16-35(47(59)62-6)29-41(39)54-45)33-14-10-11-31(27-33)30-50-36-19-23-56(24-20-36)44-42(32-12-8-7-9-13-32)51-38-17-15-34(46(58)61-5)28-40(38)53-44/h7-18,27-29,36-37,50H,19-26,30H2,1-6H3. The first kappa shape index (κ1) is 43.0. The second-order valence-electron chi connectivity index (χ2n) is 17.2. The molecule has 0 radical (unpaired) electrons. The quantitative estimate of drug-likeness (QED) is 0.105. The molecule has 4 aromatic carbocycles. The topological polar surface area (TPSA) is 152 Å². The smallest absolute Gasteiger partial charge is 0.410 e. The van der Waals surface area contributed by atoms with Gasteiger partial charge in [0.2, 0.25) is 0 Å². The molecule has 1 amide bonds. The Bertz CT molecular complexity index is 2640. The number of aromatic nitrogens is 4. The molecule has 326 valence electrons. The number of nitrogens with one attached hydrogen (secondary N) is 1. The molecule has 63 heavy (non-hydrogen) atoms. The highest BCUT2D eigenvalue weighted by atomic mass is 16.6. The SMILES string of the molecule is COC(=O)c1ccc2nc(-c3ccccc3)c(N3CCC(NCc4cccc(-c5nc6ccc(C(=O)OC)cc6nc5N5CCC(N(C)C(=O)OC(C)(C)C)CC5)c4)CC3)nc2c1. The fourth-order valence-electron chi connectivity index (χ4n) is 8.34. The number of ether oxygens (including phenoxy) is 3. The summed E-state index contributed by atoms with van der Waals surface area (Å²) in [4.78, 5) is 64.4. The van der Waals surface area contributed by atoms with E-state index in [2.05, 4.69) is 39.4 Å². The number of anilines is 2. The van der Waals surface area contributed by atoms with E-state index < -0.39 is 17.5 Å². The van der Waals surface area contributed by atoms with Crippen molar-refractivity contribution >= 4 is 51.7 Å². The van der Waals surface area contributed by atoms with Gasteiger partial charge < -0.3 is 34.2 Å². The van der Waals surface area contributed by atoms with E-state index in [1.807, 2.05) is 63.2 Å². The normalized spacial score (nSPS) is 15.1. The van der Waals surface area contributed by atoms with Crippen molar-refractivity contribution in [3.8, 4) is 22.5 Å². The summed E-state index contributed by atoms with van der Waals surface area (Å²) in [5.74, 6) is 0.687. The third-order valence-electron chi connectivity index (χ3n) is 11.8. The first-order valence-corrected chi connectivity index (χ1v) is 21.5. The van der Waals surface area contributed by atoms with Crippen LogP contribution < -0.4 is 15.1 Å². The maximum atomic E-state index is 12.9. The lowest BCUT2D eigenvalue weighted by molar-refractivity contribution is 0.0200. The van der Waals surface area contributed by atoms with E-state index in [1.165, 1.54) is 14.2 Å². The van der Waals surface area contributed by atoms with Gasteiger partial charge in [0.05, 0.1) is 47.4 Å². The molecule has 8 rings (SSSR count). The Morgan fingerprint density at radius 1 is 0.651 bits per heavy atom. The molecule has 4 heterocycles. The van der Waals surface area contributed by atoms with Gasteiger partial charge in [-0.3, -0.25) is 0 Å². The maximum absolute atomic E-state index is 12.9. The Morgan fingerprint density at radius 3 is 1.71 bits per heavy atom. The number of carbonyl (C=O) groups excluding carboxylic acids is 3. The van der Waals surface area contributed by atoms with Crippen LogP contribution in [0.1, 0.15) is 72.7 Å². The summed E-state index contributed by atoms with van der Waals surface area (Å²) < 4.78 is 15.6. The Labute approximate surface area is 367 Å². The van der Waals surface area contributed by atoms with Gasteiger partial charge in [-0.05, 0) is 94.5 Å². The molecule has 2 saturated heterocycles. The van der Waals surface area contributed by atoms with Gasteiger partial charge in [-0.15, -0.1) is 0 Å². The lowest BCUT2D eigenvalue weighted by atomic mass is 10.0. The zero-order valence-electron chi connectivity index (χ0n) is 36.8. The number of rotatable bonds is 10. The number of benzene rings is 4. The van der Waals surface area contributed by atoms with Crippen LogP contribution in [-0.2, 0) is 20.8 Å². The summed E-state index contributed by atoms with van der Waals surface area (Å²) in [5.41, 5.74) is 7.52. The van der Waals surface area contributed by atoms with E-state index >= 15 is 0 Å². The summed E-state index contributed by atoms with van der Waals surface area (Å²) in [6.45, 7) is 9.18. The highest BCUT2D eigenvalue weighted by Crippen LogP contribution is 2.35. The van der Waals surface area contributed by atoms with E-state index in [0.29, 0.717) is 52.8 Å². The largest absolute Gasteiger partial charge is 0.465 e. The molecule has 2 aliphatic heterocycles. The predicted molar refractivity (Wildman–Crippen MR) is 244 cm³/mol. The molecular weight excluding hydrogens is 797 g/mol. The van der Waals surface area contributed by atoms with Crippen molar-refractivity contribution in [3.63, 3.8) is 0 Å². The van der Waals surface area contributed by atoms with Crippen LogP contribution in [0.25, 0.3) is 44.6 Å². The van der Waals surface area contributed by atoms with Crippen molar-refractivity contribution in [1.82, 2.24) is 30.2 Å². The molecule has 0 saturated carbocycles. The zero-order chi connectivity index (χ0) is 44.3. The number of nitrogens with zero attached hydrogens (tertiary/aromatic N) is 7. The van der Waals surface area contributed by atoms with Crippen molar-refractivity contribution < 1.29 is 28.6 Å². The average molecular weight is 851 g/mol. The first-order valence-electron chi connectivity index (χ1n) is 21.5. The van der Waals surface area contributed by atoms with Gasteiger partial charge in [0.25, 0.3) is 0 Å². The number of hydrogen-bond donors (Lipinski definition) is 1. The molecule has 0 aliphatic carbocycles. The van der Waals surface area contributed by atoms with Gasteiger partial charge in [0.1, 0.15) is 17.0 Å². The third-order valence-corrected chi connectivity index (χ3v) is 11.8. The minimum Gasteiger partial charge on any atom is -0.465 e. The number of carbonyl (C=O) groups is 3. The van der Waals surface area contributed by atoms with Crippen LogP contribution in [0, 0.1) is 0 Å². The average Bonchev–Trinajstić information content (AvgIpc) is 3.31. The molecule has 14 nitrogen and oxygen atoms in total. The molecule has 14 heteroatoms. The lowest BCUT2D eigenvalue weighted by Crippen LogP contribution is -2.47. The van der Waals surface area contributed by atoms with Crippen molar-refractivity contribution in [2.45, 2.75) is 70.7 Å².